The molecule has 0 spiro atoms. The largest absolute Gasteiger partial charge is 0.481 e. The Labute approximate surface area is 128 Å². The first-order valence-corrected chi connectivity index (χ1v) is 7.04. The summed E-state index contributed by atoms with van der Waals surface area (Å²) >= 11 is 0. The molecule has 0 heterocycles. The van der Waals surface area contributed by atoms with Gasteiger partial charge in [-0.15, -0.1) is 0 Å². The first-order chi connectivity index (χ1) is 10.2. The Morgan fingerprint density at radius 2 is 1.91 bits per heavy atom. The molecule has 1 aromatic rings. The van der Waals surface area contributed by atoms with E-state index >= 15 is 0 Å². The van der Waals surface area contributed by atoms with Crippen LogP contribution >= 0.6 is 0 Å². The first-order valence-electron chi connectivity index (χ1n) is 7.04. The van der Waals surface area contributed by atoms with Crippen LogP contribution < -0.4 is 5.32 Å². The molecule has 0 saturated carbocycles. The molecular formula is C15H20N2O5. The number of nitrogens with one attached hydrogen (secondary N) is 1. The van der Waals surface area contributed by atoms with Gasteiger partial charge in [0.25, 0.3) is 11.6 Å². The quantitative estimate of drug-likeness (QED) is 0.594. The summed E-state index contributed by atoms with van der Waals surface area (Å²) in [5.74, 6) is -1.51. The first kappa shape index (κ1) is 17.6. The van der Waals surface area contributed by atoms with E-state index in [1.807, 2.05) is 0 Å². The minimum atomic E-state index is -1.00. The maximum atomic E-state index is 12.3. The van der Waals surface area contributed by atoms with E-state index in [0.717, 1.165) is 0 Å². The Bertz CT molecular complexity index is 594. The number of rotatable bonds is 7. The summed E-state index contributed by atoms with van der Waals surface area (Å²) in [6.45, 7) is 5.18. The van der Waals surface area contributed by atoms with E-state index in [0.29, 0.717) is 18.4 Å². The SMILES string of the molecule is CCC(CC)(CC(=O)O)NC(=O)c1ccc(C)c([N+](=O)[O-])c1. The van der Waals surface area contributed by atoms with Gasteiger partial charge in [0.1, 0.15) is 0 Å². The molecule has 0 unspecified atom stereocenters. The van der Waals surface area contributed by atoms with Gasteiger partial charge in [-0.3, -0.25) is 19.7 Å². The molecule has 2 N–H and O–H groups in total. The van der Waals surface area contributed by atoms with Crippen molar-refractivity contribution in [3.8, 4) is 0 Å². The summed E-state index contributed by atoms with van der Waals surface area (Å²) in [7, 11) is 0. The smallest absolute Gasteiger partial charge is 0.305 e. The van der Waals surface area contributed by atoms with E-state index in [1.54, 1.807) is 20.8 Å². The lowest BCUT2D eigenvalue weighted by atomic mass is 9.88. The number of aliphatic carboxylic acids is 1. The Balaban J connectivity index is 3.07. The molecule has 1 aromatic carbocycles. The van der Waals surface area contributed by atoms with Gasteiger partial charge in [-0.25, -0.2) is 0 Å². The zero-order valence-corrected chi connectivity index (χ0v) is 12.9. The summed E-state index contributed by atoms with van der Waals surface area (Å²) in [6, 6.07) is 4.21. The van der Waals surface area contributed by atoms with E-state index in [-0.39, 0.29) is 17.7 Å². The van der Waals surface area contributed by atoms with Gasteiger partial charge in [0, 0.05) is 17.2 Å². The second kappa shape index (κ2) is 7.02. The Kier molecular flexibility index (Phi) is 5.62. The Morgan fingerprint density at radius 3 is 2.36 bits per heavy atom. The number of benzene rings is 1. The van der Waals surface area contributed by atoms with Gasteiger partial charge in [-0.1, -0.05) is 19.9 Å². The monoisotopic (exact) mass is 308 g/mol. The van der Waals surface area contributed by atoms with Crippen LogP contribution in [-0.4, -0.2) is 27.4 Å². The van der Waals surface area contributed by atoms with Gasteiger partial charge in [-0.2, -0.15) is 0 Å². The molecule has 0 aliphatic heterocycles. The van der Waals surface area contributed by atoms with Crippen LogP contribution in [-0.2, 0) is 4.79 Å². The van der Waals surface area contributed by atoms with Gasteiger partial charge >= 0.3 is 5.97 Å². The normalized spacial score (nSPS) is 11.0. The van der Waals surface area contributed by atoms with Crippen molar-refractivity contribution in [2.45, 2.75) is 45.6 Å². The van der Waals surface area contributed by atoms with E-state index in [1.165, 1.54) is 18.2 Å². The summed E-state index contributed by atoms with van der Waals surface area (Å²) in [5.41, 5.74) is -0.384. The number of carboxylic acids is 1. The van der Waals surface area contributed by atoms with Crippen molar-refractivity contribution in [1.82, 2.24) is 5.32 Å². The molecule has 0 radical (unpaired) electrons. The zero-order chi connectivity index (χ0) is 16.9. The van der Waals surface area contributed by atoms with Crippen molar-refractivity contribution in [3.63, 3.8) is 0 Å². The number of nitro groups is 1. The lowest BCUT2D eigenvalue weighted by molar-refractivity contribution is -0.385. The van der Waals surface area contributed by atoms with Gasteiger partial charge in [0.2, 0.25) is 0 Å². The minimum absolute atomic E-state index is 0.135. The van der Waals surface area contributed by atoms with Gasteiger partial charge in [0.05, 0.1) is 16.9 Å². The summed E-state index contributed by atoms with van der Waals surface area (Å²) in [4.78, 5) is 33.7. The molecule has 0 saturated heterocycles. The van der Waals surface area contributed by atoms with Crippen molar-refractivity contribution in [3.05, 3.63) is 39.4 Å². The number of nitrogens with zero attached hydrogens (tertiary/aromatic N) is 1. The average molecular weight is 308 g/mol. The van der Waals surface area contributed by atoms with Gasteiger partial charge in [-0.05, 0) is 25.8 Å². The van der Waals surface area contributed by atoms with Crippen LogP contribution in [0.2, 0.25) is 0 Å². The van der Waals surface area contributed by atoms with Crippen LogP contribution in [0.25, 0.3) is 0 Å². The van der Waals surface area contributed by atoms with Crippen molar-refractivity contribution >= 4 is 17.6 Å². The van der Waals surface area contributed by atoms with Gasteiger partial charge in [0.15, 0.2) is 0 Å². The average Bonchev–Trinajstić information content (AvgIpc) is 2.45. The van der Waals surface area contributed by atoms with Crippen molar-refractivity contribution in [1.29, 1.82) is 0 Å². The Hall–Kier alpha value is -2.44. The lowest BCUT2D eigenvalue weighted by Gasteiger charge is -2.31. The number of carbonyl (C=O) groups excluding carboxylic acids is 1. The molecule has 120 valence electrons. The molecule has 0 atom stereocenters. The standard InChI is InChI=1S/C15H20N2O5/c1-4-15(5-2,9-13(18)19)16-14(20)11-7-6-10(3)12(8-11)17(21)22/h6-8H,4-5,9H2,1-3H3,(H,16,20)(H,18,19). The van der Waals surface area contributed by atoms with E-state index in [9.17, 15) is 19.7 Å². The minimum Gasteiger partial charge on any atom is -0.481 e. The molecule has 7 nitrogen and oxygen atoms in total. The lowest BCUT2D eigenvalue weighted by Crippen LogP contribution is -2.49. The topological polar surface area (TPSA) is 110 Å². The van der Waals surface area contributed by atoms with Crippen LogP contribution in [0.5, 0.6) is 0 Å². The van der Waals surface area contributed by atoms with Crippen molar-refractivity contribution in [2.75, 3.05) is 0 Å². The zero-order valence-electron chi connectivity index (χ0n) is 12.9. The third kappa shape index (κ3) is 4.03. The van der Waals surface area contributed by atoms with Crippen LogP contribution in [0.1, 0.15) is 49.0 Å². The number of amides is 1. The van der Waals surface area contributed by atoms with Crippen LogP contribution in [0.3, 0.4) is 0 Å². The highest BCUT2D eigenvalue weighted by Gasteiger charge is 2.31. The number of carboxylic acid groups (broad SMARTS) is 1. The fourth-order valence-electron chi connectivity index (χ4n) is 2.27. The number of hydrogen-bond acceptors (Lipinski definition) is 4. The highest BCUT2D eigenvalue weighted by molar-refractivity contribution is 5.95. The molecule has 0 bridgehead atoms. The molecule has 1 amide bonds. The Morgan fingerprint density at radius 1 is 1.32 bits per heavy atom. The number of carbonyl (C=O) groups is 2. The molecule has 22 heavy (non-hydrogen) atoms. The number of hydrogen-bond donors (Lipinski definition) is 2. The van der Waals surface area contributed by atoms with Crippen LogP contribution in [0.15, 0.2) is 18.2 Å². The van der Waals surface area contributed by atoms with E-state index < -0.39 is 22.3 Å². The summed E-state index contributed by atoms with van der Waals surface area (Å²) < 4.78 is 0. The molecule has 0 fully saturated rings. The summed E-state index contributed by atoms with van der Waals surface area (Å²) in [5, 5.41) is 22.7. The highest BCUT2D eigenvalue weighted by atomic mass is 16.6. The summed E-state index contributed by atoms with van der Waals surface area (Å²) in [6.07, 6.45) is 0.713. The molecule has 7 heteroatoms. The maximum Gasteiger partial charge on any atom is 0.305 e. The third-order valence-corrected chi connectivity index (χ3v) is 3.89. The molecule has 1 rings (SSSR count). The van der Waals surface area contributed by atoms with E-state index in [2.05, 4.69) is 5.32 Å². The molecular weight excluding hydrogens is 288 g/mol. The predicted molar refractivity (Wildman–Crippen MR) is 80.9 cm³/mol. The molecule has 0 aromatic heterocycles. The third-order valence-electron chi connectivity index (χ3n) is 3.89. The molecule has 0 aliphatic rings. The molecule has 0 aliphatic carbocycles. The van der Waals surface area contributed by atoms with Crippen molar-refractivity contribution < 1.29 is 19.6 Å². The fourth-order valence-corrected chi connectivity index (χ4v) is 2.27. The van der Waals surface area contributed by atoms with Crippen LogP contribution in [0, 0.1) is 17.0 Å². The van der Waals surface area contributed by atoms with Gasteiger partial charge < -0.3 is 10.4 Å². The second-order valence-corrected chi connectivity index (χ2v) is 5.27. The predicted octanol–water partition coefficient (Wildman–Crippen LogP) is 2.67. The number of aryl methyl sites for hydroxylation is 1. The highest BCUT2D eigenvalue weighted by Crippen LogP contribution is 2.23. The van der Waals surface area contributed by atoms with Crippen molar-refractivity contribution in [2.24, 2.45) is 0 Å². The van der Waals surface area contributed by atoms with E-state index in [4.69, 9.17) is 5.11 Å². The second-order valence-electron chi connectivity index (χ2n) is 5.27. The number of nitro benzene ring substituents is 1. The maximum absolute atomic E-state index is 12.3. The van der Waals surface area contributed by atoms with Crippen LogP contribution in [0.4, 0.5) is 5.69 Å². The fraction of sp³-hybridized carbons (Fsp3) is 0.467.